The molecule has 3 nitrogen and oxygen atoms in total. The highest BCUT2D eigenvalue weighted by Crippen LogP contribution is 2.34. The molecule has 2 aromatic carbocycles. The van der Waals surface area contributed by atoms with E-state index in [0.29, 0.717) is 17.9 Å². The summed E-state index contributed by atoms with van der Waals surface area (Å²) in [6.07, 6.45) is 0.514. The van der Waals surface area contributed by atoms with Crippen LogP contribution in [-0.4, -0.2) is 14.2 Å². The van der Waals surface area contributed by atoms with Gasteiger partial charge in [0.1, 0.15) is 17.3 Å². The summed E-state index contributed by atoms with van der Waals surface area (Å²) in [6, 6.07) is 9.94. The van der Waals surface area contributed by atoms with Gasteiger partial charge in [0.05, 0.1) is 19.8 Å². The molecule has 2 rings (SSSR count). The van der Waals surface area contributed by atoms with Gasteiger partial charge in [0.25, 0.3) is 0 Å². The van der Waals surface area contributed by atoms with Gasteiger partial charge in [-0.05, 0) is 48.7 Å². The molecule has 0 radical (unpaired) electrons. The number of aryl methyl sites for hydroxylation is 1. The minimum Gasteiger partial charge on any atom is -0.496 e. The molecule has 0 bridgehead atoms. The molecule has 21 heavy (non-hydrogen) atoms. The Morgan fingerprint density at radius 2 is 1.71 bits per heavy atom. The molecular weight excluding hydrogens is 269 g/mol. The van der Waals surface area contributed by atoms with E-state index < -0.39 is 0 Å². The normalized spacial score (nSPS) is 12.0. The second-order valence-electron chi connectivity index (χ2n) is 4.96. The molecule has 0 aromatic heterocycles. The Bertz CT molecular complexity index is 606. The van der Waals surface area contributed by atoms with Crippen molar-refractivity contribution in [1.82, 2.24) is 0 Å². The maximum absolute atomic E-state index is 13.4. The van der Waals surface area contributed by atoms with Crippen molar-refractivity contribution >= 4 is 0 Å². The molecule has 0 heterocycles. The van der Waals surface area contributed by atoms with Crippen LogP contribution >= 0.6 is 0 Å². The van der Waals surface area contributed by atoms with Crippen molar-refractivity contribution in [2.24, 2.45) is 5.73 Å². The summed E-state index contributed by atoms with van der Waals surface area (Å²) in [4.78, 5) is 0. The fraction of sp³-hybridized carbons (Fsp3) is 0.294. The van der Waals surface area contributed by atoms with E-state index in [-0.39, 0.29) is 11.9 Å². The summed E-state index contributed by atoms with van der Waals surface area (Å²) in [5.41, 5.74) is 9.01. The smallest absolute Gasteiger partial charge is 0.127 e. The van der Waals surface area contributed by atoms with Crippen LogP contribution in [0.2, 0.25) is 0 Å². The number of halogens is 1. The topological polar surface area (TPSA) is 44.5 Å². The number of methoxy groups -OCH3 is 2. The Morgan fingerprint density at radius 3 is 2.29 bits per heavy atom. The lowest BCUT2D eigenvalue weighted by molar-refractivity contribution is 0.378. The van der Waals surface area contributed by atoms with Crippen LogP contribution in [0.4, 0.5) is 4.39 Å². The van der Waals surface area contributed by atoms with Crippen molar-refractivity contribution in [3.63, 3.8) is 0 Å². The molecule has 0 spiro atoms. The van der Waals surface area contributed by atoms with Crippen LogP contribution in [0.3, 0.4) is 0 Å². The maximum atomic E-state index is 13.4. The van der Waals surface area contributed by atoms with Crippen LogP contribution in [0, 0.1) is 12.7 Å². The summed E-state index contributed by atoms with van der Waals surface area (Å²) in [7, 11) is 3.19. The van der Waals surface area contributed by atoms with Gasteiger partial charge in [-0.2, -0.15) is 0 Å². The first-order valence-electron chi connectivity index (χ1n) is 6.78. The first-order chi connectivity index (χ1) is 10.1. The number of ether oxygens (including phenoxy) is 2. The van der Waals surface area contributed by atoms with Crippen molar-refractivity contribution in [3.8, 4) is 11.5 Å². The molecule has 1 atom stereocenters. The predicted octanol–water partition coefficient (Wildman–Crippen LogP) is 3.39. The Hall–Kier alpha value is -2.07. The second kappa shape index (κ2) is 6.59. The van der Waals surface area contributed by atoms with Gasteiger partial charge in [0.2, 0.25) is 0 Å². The lowest BCUT2D eigenvalue weighted by Crippen LogP contribution is -2.16. The van der Waals surface area contributed by atoms with E-state index in [1.165, 1.54) is 12.1 Å². The zero-order valence-corrected chi connectivity index (χ0v) is 12.5. The van der Waals surface area contributed by atoms with Gasteiger partial charge >= 0.3 is 0 Å². The highest BCUT2D eigenvalue weighted by Gasteiger charge is 2.18. The van der Waals surface area contributed by atoms with Gasteiger partial charge < -0.3 is 15.2 Å². The fourth-order valence-corrected chi connectivity index (χ4v) is 2.44. The van der Waals surface area contributed by atoms with E-state index in [1.807, 2.05) is 25.1 Å². The number of benzene rings is 2. The molecule has 1 unspecified atom stereocenters. The van der Waals surface area contributed by atoms with Crippen molar-refractivity contribution in [1.29, 1.82) is 0 Å². The maximum Gasteiger partial charge on any atom is 0.127 e. The van der Waals surface area contributed by atoms with Gasteiger partial charge in [-0.25, -0.2) is 4.39 Å². The molecule has 2 aromatic rings. The Morgan fingerprint density at radius 1 is 1.10 bits per heavy atom. The van der Waals surface area contributed by atoms with Crippen LogP contribution in [0.15, 0.2) is 36.4 Å². The standard InChI is InChI=1S/C17H20FNO2/c1-11-7-8-13(18)9-12(11)10-14(19)17-15(20-2)5-4-6-16(17)21-3/h4-9,14H,10,19H2,1-3H3. The Kier molecular flexibility index (Phi) is 4.81. The molecule has 112 valence electrons. The van der Waals surface area contributed by atoms with Crippen LogP contribution < -0.4 is 15.2 Å². The predicted molar refractivity (Wildman–Crippen MR) is 81.3 cm³/mol. The van der Waals surface area contributed by atoms with E-state index in [0.717, 1.165) is 16.7 Å². The second-order valence-corrected chi connectivity index (χ2v) is 4.96. The summed E-state index contributed by atoms with van der Waals surface area (Å²) in [6.45, 7) is 1.95. The van der Waals surface area contributed by atoms with Crippen LogP contribution in [0.1, 0.15) is 22.7 Å². The summed E-state index contributed by atoms with van der Waals surface area (Å²) in [5.74, 6) is 1.10. The molecule has 0 saturated carbocycles. The lowest BCUT2D eigenvalue weighted by Gasteiger charge is -2.19. The molecule has 0 saturated heterocycles. The van der Waals surface area contributed by atoms with Gasteiger partial charge in [-0.1, -0.05) is 12.1 Å². The van der Waals surface area contributed by atoms with E-state index in [1.54, 1.807) is 20.3 Å². The summed E-state index contributed by atoms with van der Waals surface area (Å²) < 4.78 is 24.1. The summed E-state index contributed by atoms with van der Waals surface area (Å²) >= 11 is 0. The quantitative estimate of drug-likeness (QED) is 0.917. The monoisotopic (exact) mass is 289 g/mol. The van der Waals surface area contributed by atoms with Gasteiger partial charge in [-0.3, -0.25) is 0 Å². The van der Waals surface area contributed by atoms with Crippen LogP contribution in [0.5, 0.6) is 11.5 Å². The van der Waals surface area contributed by atoms with Crippen molar-refractivity contribution in [2.75, 3.05) is 14.2 Å². The van der Waals surface area contributed by atoms with E-state index in [2.05, 4.69) is 0 Å². The fourth-order valence-electron chi connectivity index (χ4n) is 2.44. The molecule has 4 heteroatoms. The average molecular weight is 289 g/mol. The Labute approximate surface area is 124 Å². The SMILES string of the molecule is COc1cccc(OC)c1C(N)Cc1cc(F)ccc1C. The zero-order chi connectivity index (χ0) is 15.4. The molecule has 0 amide bonds. The number of rotatable bonds is 5. The van der Waals surface area contributed by atoms with E-state index in [4.69, 9.17) is 15.2 Å². The zero-order valence-electron chi connectivity index (χ0n) is 12.5. The minimum absolute atomic E-state index is 0.255. The van der Waals surface area contributed by atoms with Crippen LogP contribution in [-0.2, 0) is 6.42 Å². The number of hydrogen-bond donors (Lipinski definition) is 1. The molecule has 2 N–H and O–H groups in total. The third kappa shape index (κ3) is 3.34. The van der Waals surface area contributed by atoms with Gasteiger partial charge in [0, 0.05) is 6.04 Å². The Balaban J connectivity index is 2.36. The van der Waals surface area contributed by atoms with Gasteiger partial charge in [0.15, 0.2) is 0 Å². The number of nitrogens with two attached hydrogens (primary N) is 1. The highest BCUT2D eigenvalue weighted by molar-refractivity contribution is 5.47. The molecule has 0 aliphatic rings. The largest absolute Gasteiger partial charge is 0.496 e. The minimum atomic E-state index is -0.336. The third-order valence-electron chi connectivity index (χ3n) is 3.59. The van der Waals surface area contributed by atoms with E-state index in [9.17, 15) is 4.39 Å². The highest BCUT2D eigenvalue weighted by atomic mass is 19.1. The van der Waals surface area contributed by atoms with Crippen molar-refractivity contribution < 1.29 is 13.9 Å². The average Bonchev–Trinajstić information content (AvgIpc) is 2.49. The molecular formula is C17H20FNO2. The first kappa shape index (κ1) is 15.3. The van der Waals surface area contributed by atoms with E-state index >= 15 is 0 Å². The summed E-state index contributed by atoms with van der Waals surface area (Å²) in [5, 5.41) is 0. The van der Waals surface area contributed by atoms with Gasteiger partial charge in [-0.15, -0.1) is 0 Å². The third-order valence-corrected chi connectivity index (χ3v) is 3.59. The number of hydrogen-bond acceptors (Lipinski definition) is 3. The lowest BCUT2D eigenvalue weighted by atomic mass is 9.95. The first-order valence-corrected chi connectivity index (χ1v) is 6.78. The molecule has 0 fully saturated rings. The van der Waals surface area contributed by atoms with Crippen molar-refractivity contribution in [2.45, 2.75) is 19.4 Å². The van der Waals surface area contributed by atoms with Crippen LogP contribution in [0.25, 0.3) is 0 Å². The molecule has 0 aliphatic heterocycles. The van der Waals surface area contributed by atoms with Crippen molar-refractivity contribution in [3.05, 3.63) is 58.9 Å². The molecule has 0 aliphatic carbocycles.